The third-order valence-electron chi connectivity index (χ3n) is 4.75. The van der Waals surface area contributed by atoms with E-state index in [1.165, 1.54) is 0 Å². The molecule has 0 spiro atoms. The summed E-state index contributed by atoms with van der Waals surface area (Å²) in [5, 5.41) is 41.0. The van der Waals surface area contributed by atoms with E-state index in [2.05, 4.69) is 11.4 Å². The molecule has 0 saturated carbocycles. The molecule has 0 amide bonds. The quantitative estimate of drug-likeness (QED) is 0.322. The minimum atomic E-state index is -1.01. The van der Waals surface area contributed by atoms with Gasteiger partial charge in [-0.3, -0.25) is 5.41 Å². The van der Waals surface area contributed by atoms with Crippen molar-refractivity contribution >= 4 is 11.6 Å². The van der Waals surface area contributed by atoms with Gasteiger partial charge in [0, 0.05) is 5.56 Å². The molecule has 28 heavy (non-hydrogen) atoms. The maximum absolute atomic E-state index is 10.9. The Morgan fingerprint density at radius 2 is 2.00 bits per heavy atom. The summed E-state index contributed by atoms with van der Waals surface area (Å²) in [6.07, 6.45) is 0.991. The monoisotopic (exact) mass is 375 g/mol. The molecule has 0 aliphatic carbocycles. The van der Waals surface area contributed by atoms with Crippen LogP contribution < -0.4 is 15.0 Å². The van der Waals surface area contributed by atoms with Crippen molar-refractivity contribution in [2.75, 3.05) is 4.90 Å². The molecule has 0 saturated heterocycles. The van der Waals surface area contributed by atoms with Gasteiger partial charge in [0.25, 0.3) is 0 Å². The highest BCUT2D eigenvalue weighted by Gasteiger charge is 2.43. The first kappa shape index (κ1) is 19.2. The second-order valence-electron chi connectivity index (χ2n) is 7.26. The number of benzene rings is 2. The number of hydrogen-bond acceptors (Lipinski definition) is 5. The summed E-state index contributed by atoms with van der Waals surface area (Å²) in [5.41, 5.74) is 1.58. The molecule has 142 valence electrons. The van der Waals surface area contributed by atoms with Gasteiger partial charge < -0.3 is 15.2 Å². The average molecular weight is 375 g/mol. The number of ether oxygens (including phenoxy) is 1. The van der Waals surface area contributed by atoms with Crippen LogP contribution in [0.15, 0.2) is 42.5 Å². The van der Waals surface area contributed by atoms with Crippen molar-refractivity contribution in [1.82, 2.24) is 5.32 Å². The summed E-state index contributed by atoms with van der Waals surface area (Å²) >= 11 is 0. The van der Waals surface area contributed by atoms with Crippen LogP contribution in [0.1, 0.15) is 36.6 Å². The van der Waals surface area contributed by atoms with Gasteiger partial charge in [-0.25, -0.2) is 4.90 Å². The summed E-state index contributed by atoms with van der Waals surface area (Å²) in [7, 11) is 0. The van der Waals surface area contributed by atoms with Crippen LogP contribution in [0, 0.1) is 35.1 Å². The number of nitrogens with zero attached hydrogens (tertiary/aromatic N) is 3. The number of guanidine groups is 1. The van der Waals surface area contributed by atoms with Crippen LogP contribution in [0.3, 0.4) is 0 Å². The lowest BCUT2D eigenvalue weighted by molar-refractivity contribution is -0.0611. The molecule has 0 radical (unpaired) electrons. The van der Waals surface area contributed by atoms with Crippen LogP contribution in [0.5, 0.6) is 5.75 Å². The first-order chi connectivity index (χ1) is 13.3. The van der Waals surface area contributed by atoms with Gasteiger partial charge in [-0.2, -0.15) is 10.5 Å². The molecule has 1 aliphatic rings. The number of aryl methyl sites for hydroxylation is 1. The SMILES string of the molecule is Cc1cccc(N(C#N)C(=N)NC2c3cc(C#N)ccc3OC(C)(C)C2O)c1. The predicted octanol–water partition coefficient (Wildman–Crippen LogP) is 2.95. The lowest BCUT2D eigenvalue weighted by Gasteiger charge is -2.42. The molecular weight excluding hydrogens is 354 g/mol. The molecule has 1 heterocycles. The van der Waals surface area contributed by atoms with E-state index in [4.69, 9.17) is 10.1 Å². The zero-order chi connectivity index (χ0) is 20.5. The standard InChI is InChI=1S/C21H21N5O2/c1-13-5-4-6-15(9-13)26(12-23)20(24)25-18-16-10-14(11-22)7-8-17(16)28-21(2,3)19(18)27/h4-10,18-19,27H,1-3H3,(H2,24,25). The topological polar surface area (TPSA) is 116 Å². The molecule has 7 nitrogen and oxygen atoms in total. The van der Waals surface area contributed by atoms with Crippen molar-refractivity contribution in [3.05, 3.63) is 59.2 Å². The third-order valence-corrected chi connectivity index (χ3v) is 4.75. The van der Waals surface area contributed by atoms with Gasteiger partial charge in [-0.15, -0.1) is 0 Å². The first-order valence-corrected chi connectivity index (χ1v) is 8.79. The summed E-state index contributed by atoms with van der Waals surface area (Å²) in [6, 6.07) is 13.5. The molecule has 3 rings (SSSR count). The van der Waals surface area contributed by atoms with Gasteiger partial charge in [0.1, 0.15) is 17.5 Å². The third kappa shape index (κ3) is 3.48. The normalized spacial score (nSPS) is 19.4. The predicted molar refractivity (Wildman–Crippen MR) is 105 cm³/mol. The molecule has 0 bridgehead atoms. The maximum Gasteiger partial charge on any atom is 0.209 e. The molecule has 2 unspecified atom stereocenters. The molecule has 0 fully saturated rings. The Morgan fingerprint density at radius 3 is 2.64 bits per heavy atom. The number of aliphatic hydroxyl groups is 1. The minimum absolute atomic E-state index is 0.178. The minimum Gasteiger partial charge on any atom is -0.485 e. The zero-order valence-electron chi connectivity index (χ0n) is 15.9. The second-order valence-corrected chi connectivity index (χ2v) is 7.26. The van der Waals surface area contributed by atoms with Crippen molar-refractivity contribution < 1.29 is 9.84 Å². The highest BCUT2D eigenvalue weighted by atomic mass is 16.5. The molecule has 0 aromatic heterocycles. The number of nitriles is 2. The fourth-order valence-electron chi connectivity index (χ4n) is 3.24. The fourth-order valence-corrected chi connectivity index (χ4v) is 3.24. The average Bonchev–Trinajstić information content (AvgIpc) is 2.65. The van der Waals surface area contributed by atoms with Gasteiger partial charge in [-0.1, -0.05) is 12.1 Å². The Kier molecular flexibility index (Phi) is 4.96. The van der Waals surface area contributed by atoms with Gasteiger partial charge in [0.2, 0.25) is 5.96 Å². The second kappa shape index (κ2) is 7.22. The molecule has 2 atom stereocenters. The molecule has 2 aromatic carbocycles. The number of hydrogen-bond donors (Lipinski definition) is 3. The Labute approximate surface area is 163 Å². The van der Waals surface area contributed by atoms with Gasteiger partial charge >= 0.3 is 0 Å². The first-order valence-electron chi connectivity index (χ1n) is 8.79. The van der Waals surface area contributed by atoms with E-state index in [9.17, 15) is 15.6 Å². The fraction of sp³-hybridized carbons (Fsp3) is 0.286. The Hall–Kier alpha value is -3.55. The van der Waals surface area contributed by atoms with E-state index < -0.39 is 17.7 Å². The Balaban J connectivity index is 1.97. The molecule has 1 aliphatic heterocycles. The highest BCUT2D eigenvalue weighted by Crippen LogP contribution is 2.40. The number of rotatable bonds is 2. The van der Waals surface area contributed by atoms with E-state index in [0.29, 0.717) is 22.6 Å². The van der Waals surface area contributed by atoms with Crippen LogP contribution in [0.25, 0.3) is 0 Å². The lowest BCUT2D eigenvalue weighted by Crippen LogP contribution is -2.55. The number of anilines is 1. The summed E-state index contributed by atoms with van der Waals surface area (Å²) < 4.78 is 5.88. The van der Waals surface area contributed by atoms with Crippen LogP contribution in [-0.4, -0.2) is 22.8 Å². The molecule has 2 aromatic rings. The van der Waals surface area contributed by atoms with E-state index in [1.807, 2.05) is 25.2 Å². The summed E-state index contributed by atoms with van der Waals surface area (Å²) in [4.78, 5) is 1.15. The molecule has 7 heteroatoms. The number of nitrogens with one attached hydrogen (secondary N) is 2. The maximum atomic E-state index is 10.9. The molecular formula is C21H21N5O2. The smallest absolute Gasteiger partial charge is 0.209 e. The van der Waals surface area contributed by atoms with Crippen LogP contribution in [0.2, 0.25) is 0 Å². The highest BCUT2D eigenvalue weighted by molar-refractivity contribution is 5.96. The van der Waals surface area contributed by atoms with Crippen LogP contribution in [0.4, 0.5) is 5.69 Å². The Morgan fingerprint density at radius 1 is 1.25 bits per heavy atom. The van der Waals surface area contributed by atoms with Gasteiger partial charge in [-0.05, 0) is 56.7 Å². The van der Waals surface area contributed by atoms with Gasteiger partial charge in [0.05, 0.1) is 23.4 Å². The lowest BCUT2D eigenvalue weighted by atomic mass is 9.86. The van der Waals surface area contributed by atoms with Crippen molar-refractivity contribution in [1.29, 1.82) is 15.9 Å². The van der Waals surface area contributed by atoms with Crippen molar-refractivity contribution in [2.24, 2.45) is 0 Å². The summed E-state index contributed by atoms with van der Waals surface area (Å²) in [6.45, 7) is 5.40. The van der Waals surface area contributed by atoms with E-state index in [0.717, 1.165) is 10.5 Å². The zero-order valence-corrected chi connectivity index (χ0v) is 15.9. The van der Waals surface area contributed by atoms with E-state index >= 15 is 0 Å². The van der Waals surface area contributed by atoms with Crippen LogP contribution >= 0.6 is 0 Å². The largest absolute Gasteiger partial charge is 0.485 e. The molecule has 3 N–H and O–H groups in total. The van der Waals surface area contributed by atoms with Crippen molar-refractivity contribution in [3.63, 3.8) is 0 Å². The van der Waals surface area contributed by atoms with Gasteiger partial charge in [0.15, 0.2) is 6.19 Å². The summed E-state index contributed by atoms with van der Waals surface area (Å²) in [5.74, 6) is 0.349. The van der Waals surface area contributed by atoms with Crippen molar-refractivity contribution in [2.45, 2.75) is 38.5 Å². The number of aliphatic hydroxyl groups excluding tert-OH is 1. The van der Waals surface area contributed by atoms with E-state index in [1.54, 1.807) is 44.2 Å². The van der Waals surface area contributed by atoms with Crippen LogP contribution in [-0.2, 0) is 0 Å². The van der Waals surface area contributed by atoms with E-state index in [-0.39, 0.29) is 5.96 Å². The number of fused-ring (bicyclic) bond motifs is 1. The Bertz CT molecular complexity index is 1000. The van der Waals surface area contributed by atoms with Crippen molar-refractivity contribution in [3.8, 4) is 18.0 Å².